The van der Waals surface area contributed by atoms with E-state index < -0.39 is 15.1 Å². The van der Waals surface area contributed by atoms with E-state index in [0.29, 0.717) is 12.1 Å². The zero-order valence-corrected chi connectivity index (χ0v) is 19.5. The van der Waals surface area contributed by atoms with Crippen LogP contribution in [0.5, 0.6) is 0 Å². The molecule has 0 bridgehead atoms. The molecule has 1 aliphatic rings. The third-order valence-corrected chi connectivity index (χ3v) is 7.91. The molecule has 0 aliphatic carbocycles. The van der Waals surface area contributed by atoms with Crippen molar-refractivity contribution >= 4 is 21.4 Å². The van der Waals surface area contributed by atoms with Gasteiger partial charge < -0.3 is 10.2 Å². The number of amides is 1. The van der Waals surface area contributed by atoms with Gasteiger partial charge in [-0.2, -0.15) is 0 Å². The van der Waals surface area contributed by atoms with E-state index in [1.165, 1.54) is 23.4 Å². The molecule has 0 atom stereocenters. The van der Waals surface area contributed by atoms with Crippen molar-refractivity contribution in [2.45, 2.75) is 37.3 Å². The van der Waals surface area contributed by atoms with E-state index in [1.807, 2.05) is 0 Å². The van der Waals surface area contributed by atoms with E-state index >= 15 is 0 Å². The van der Waals surface area contributed by atoms with Crippen LogP contribution < -0.4 is 10.2 Å². The van der Waals surface area contributed by atoms with E-state index in [0.717, 1.165) is 39.1 Å². The minimum Gasteiger partial charge on any atom is -0.369 e. The van der Waals surface area contributed by atoms with Crippen molar-refractivity contribution in [3.8, 4) is 0 Å². The Balaban J connectivity index is 1.39. The van der Waals surface area contributed by atoms with Crippen LogP contribution in [0.15, 0.2) is 53.4 Å². The second kappa shape index (κ2) is 10.3. The van der Waals surface area contributed by atoms with Crippen molar-refractivity contribution in [1.82, 2.24) is 10.2 Å². The Kier molecular flexibility index (Phi) is 7.73. The van der Waals surface area contributed by atoms with Crippen LogP contribution in [0.4, 0.5) is 5.69 Å². The van der Waals surface area contributed by atoms with E-state index in [-0.39, 0.29) is 10.8 Å². The van der Waals surface area contributed by atoms with Gasteiger partial charge in [-0.15, -0.1) is 0 Å². The Labute approximate surface area is 186 Å². The summed E-state index contributed by atoms with van der Waals surface area (Å²) in [6, 6.07) is 14.8. The lowest BCUT2D eigenvalue weighted by Crippen LogP contribution is -2.47. The van der Waals surface area contributed by atoms with Gasteiger partial charge >= 0.3 is 0 Å². The second-order valence-corrected chi connectivity index (χ2v) is 10.9. The van der Waals surface area contributed by atoms with Gasteiger partial charge in [0.2, 0.25) is 0 Å². The van der Waals surface area contributed by atoms with Crippen LogP contribution in [0, 0.1) is 6.92 Å². The Bertz CT molecular complexity index is 979. The maximum atomic E-state index is 12.3. The Morgan fingerprint density at radius 3 is 2.32 bits per heavy atom. The van der Waals surface area contributed by atoms with Gasteiger partial charge in [0.1, 0.15) is 0 Å². The number of carbonyl (C=O) groups excluding carboxylic acids is 1. The van der Waals surface area contributed by atoms with Crippen LogP contribution in [0.3, 0.4) is 0 Å². The van der Waals surface area contributed by atoms with Gasteiger partial charge in [0.15, 0.2) is 9.84 Å². The van der Waals surface area contributed by atoms with Crippen molar-refractivity contribution in [1.29, 1.82) is 0 Å². The SMILES string of the molecule is Cc1cccc(N2CCN(CCCNC(=O)c3ccc(S(=O)(=O)C(C)C)cc3)CC2)c1. The van der Waals surface area contributed by atoms with Crippen LogP contribution in [0.25, 0.3) is 0 Å². The van der Waals surface area contributed by atoms with E-state index in [2.05, 4.69) is 46.3 Å². The number of benzene rings is 2. The summed E-state index contributed by atoms with van der Waals surface area (Å²) in [5.74, 6) is -0.169. The molecule has 1 fully saturated rings. The number of rotatable bonds is 8. The van der Waals surface area contributed by atoms with Gasteiger partial charge in [-0.05, 0) is 75.7 Å². The summed E-state index contributed by atoms with van der Waals surface area (Å²) >= 11 is 0. The molecular formula is C24H33N3O3S. The predicted octanol–water partition coefficient (Wildman–Crippen LogP) is 3.12. The maximum Gasteiger partial charge on any atom is 0.251 e. The van der Waals surface area contributed by atoms with Crippen molar-refractivity contribution in [2.24, 2.45) is 0 Å². The van der Waals surface area contributed by atoms with Crippen LogP contribution >= 0.6 is 0 Å². The van der Waals surface area contributed by atoms with Crippen LogP contribution in [-0.4, -0.2) is 63.7 Å². The summed E-state index contributed by atoms with van der Waals surface area (Å²) in [5.41, 5.74) is 3.06. The van der Waals surface area contributed by atoms with E-state index in [9.17, 15) is 13.2 Å². The van der Waals surface area contributed by atoms with Gasteiger partial charge in [0.25, 0.3) is 5.91 Å². The number of nitrogens with zero attached hydrogens (tertiary/aromatic N) is 2. The van der Waals surface area contributed by atoms with Crippen molar-refractivity contribution in [3.05, 3.63) is 59.7 Å². The van der Waals surface area contributed by atoms with Gasteiger partial charge in [-0.3, -0.25) is 9.69 Å². The van der Waals surface area contributed by atoms with E-state index in [1.54, 1.807) is 26.0 Å². The standard InChI is InChI=1S/C24H33N3O3S/c1-19(2)31(29,30)23-10-8-21(9-11-23)24(28)25-12-5-13-26-14-16-27(17-15-26)22-7-4-6-20(3)18-22/h4,6-11,18-19H,5,12-17H2,1-3H3,(H,25,28). The van der Waals surface area contributed by atoms with Gasteiger partial charge in [0, 0.05) is 44.0 Å². The lowest BCUT2D eigenvalue weighted by Gasteiger charge is -2.36. The highest BCUT2D eigenvalue weighted by molar-refractivity contribution is 7.92. The zero-order valence-electron chi connectivity index (χ0n) is 18.7. The summed E-state index contributed by atoms with van der Waals surface area (Å²) in [7, 11) is -3.32. The molecule has 0 unspecified atom stereocenters. The molecule has 0 spiro atoms. The molecule has 0 radical (unpaired) electrons. The van der Waals surface area contributed by atoms with Crippen LogP contribution in [0.1, 0.15) is 36.2 Å². The molecule has 0 saturated carbocycles. The summed E-state index contributed by atoms with van der Waals surface area (Å²) in [6.07, 6.45) is 0.885. The normalized spacial score (nSPS) is 15.3. The molecule has 2 aromatic carbocycles. The first-order valence-electron chi connectivity index (χ1n) is 10.9. The summed E-state index contributed by atoms with van der Waals surface area (Å²) in [5, 5.41) is 2.45. The van der Waals surface area contributed by atoms with Crippen molar-refractivity contribution in [3.63, 3.8) is 0 Å². The van der Waals surface area contributed by atoms with Crippen LogP contribution in [-0.2, 0) is 9.84 Å². The first kappa shape index (κ1) is 23.3. The zero-order chi connectivity index (χ0) is 22.4. The fourth-order valence-corrected chi connectivity index (χ4v) is 4.79. The molecule has 1 amide bonds. The highest BCUT2D eigenvalue weighted by Crippen LogP contribution is 2.18. The number of aryl methyl sites for hydroxylation is 1. The minimum absolute atomic E-state index is 0.169. The van der Waals surface area contributed by atoms with Crippen molar-refractivity contribution < 1.29 is 13.2 Å². The Morgan fingerprint density at radius 1 is 1.03 bits per heavy atom. The molecule has 1 heterocycles. The molecule has 7 heteroatoms. The molecule has 1 saturated heterocycles. The van der Waals surface area contributed by atoms with Crippen molar-refractivity contribution in [2.75, 3.05) is 44.2 Å². The number of hydrogen-bond donors (Lipinski definition) is 1. The Hall–Kier alpha value is -2.38. The lowest BCUT2D eigenvalue weighted by molar-refractivity contribution is 0.0951. The average molecular weight is 444 g/mol. The predicted molar refractivity (Wildman–Crippen MR) is 126 cm³/mol. The monoisotopic (exact) mass is 443 g/mol. The minimum atomic E-state index is -3.32. The number of nitrogens with one attached hydrogen (secondary N) is 1. The van der Waals surface area contributed by atoms with Gasteiger partial charge in [-0.25, -0.2) is 8.42 Å². The third kappa shape index (κ3) is 6.08. The lowest BCUT2D eigenvalue weighted by atomic mass is 10.2. The first-order valence-corrected chi connectivity index (χ1v) is 12.5. The molecule has 0 aromatic heterocycles. The highest BCUT2D eigenvalue weighted by Gasteiger charge is 2.20. The Morgan fingerprint density at radius 2 is 1.71 bits per heavy atom. The number of carbonyl (C=O) groups is 1. The van der Waals surface area contributed by atoms with E-state index in [4.69, 9.17) is 0 Å². The topological polar surface area (TPSA) is 69.7 Å². The third-order valence-electron chi connectivity index (χ3n) is 5.74. The molecule has 1 N–H and O–H groups in total. The number of piperazine rings is 1. The smallest absolute Gasteiger partial charge is 0.251 e. The molecule has 31 heavy (non-hydrogen) atoms. The molecule has 168 valence electrons. The fourth-order valence-electron chi connectivity index (χ4n) is 3.73. The number of anilines is 1. The van der Waals surface area contributed by atoms with Crippen LogP contribution in [0.2, 0.25) is 0 Å². The van der Waals surface area contributed by atoms with Gasteiger partial charge in [-0.1, -0.05) is 12.1 Å². The molecular weight excluding hydrogens is 410 g/mol. The summed E-state index contributed by atoms with van der Waals surface area (Å²) in [6.45, 7) is 11.0. The quantitative estimate of drug-likeness (QED) is 0.635. The molecule has 6 nitrogen and oxygen atoms in total. The molecule has 2 aromatic rings. The maximum absolute atomic E-state index is 12.3. The summed E-state index contributed by atoms with van der Waals surface area (Å²) in [4.78, 5) is 17.5. The highest BCUT2D eigenvalue weighted by atomic mass is 32.2. The fraction of sp³-hybridized carbons (Fsp3) is 0.458. The number of sulfone groups is 1. The average Bonchev–Trinajstić information content (AvgIpc) is 2.77. The van der Waals surface area contributed by atoms with Gasteiger partial charge in [0.05, 0.1) is 10.1 Å². The molecule has 1 aliphatic heterocycles. The second-order valence-electron chi connectivity index (χ2n) is 8.40. The largest absolute Gasteiger partial charge is 0.369 e. The number of hydrogen-bond acceptors (Lipinski definition) is 5. The summed E-state index contributed by atoms with van der Waals surface area (Å²) < 4.78 is 24.4. The first-order chi connectivity index (χ1) is 14.8. The molecule has 3 rings (SSSR count).